The SMILES string of the molecule is C=S(=O)(CC)NC12CC(C3=CB(O)Oc4cnc5[nH]ccc5c43)(C1)C2. The third-order valence-electron chi connectivity index (χ3n) is 5.85. The van der Waals surface area contributed by atoms with Gasteiger partial charge in [-0.2, -0.15) is 0 Å². The van der Waals surface area contributed by atoms with Gasteiger partial charge in [0.1, 0.15) is 11.4 Å². The molecule has 25 heavy (non-hydrogen) atoms. The molecule has 0 spiro atoms. The summed E-state index contributed by atoms with van der Waals surface area (Å²) in [5, 5.41) is 11.1. The molecule has 2 bridgehead atoms. The summed E-state index contributed by atoms with van der Waals surface area (Å²) in [4.78, 5) is 7.49. The van der Waals surface area contributed by atoms with Crippen LogP contribution in [0.25, 0.3) is 16.6 Å². The average molecular weight is 357 g/mol. The van der Waals surface area contributed by atoms with Crippen molar-refractivity contribution in [3.8, 4) is 5.75 Å². The summed E-state index contributed by atoms with van der Waals surface area (Å²) in [5.74, 6) is 6.81. The second-order valence-corrected chi connectivity index (χ2v) is 10.0. The van der Waals surface area contributed by atoms with Gasteiger partial charge in [-0.15, -0.1) is 0 Å². The van der Waals surface area contributed by atoms with Gasteiger partial charge in [-0.25, -0.2) is 9.71 Å². The normalized spacial score (nSPS) is 32.1. The van der Waals surface area contributed by atoms with Gasteiger partial charge in [-0.05, 0) is 42.7 Å². The summed E-state index contributed by atoms with van der Waals surface area (Å²) in [5.41, 5.74) is 2.92. The highest BCUT2D eigenvalue weighted by Gasteiger charge is 2.70. The Bertz CT molecular complexity index is 1010. The van der Waals surface area contributed by atoms with Crippen LogP contribution in [0.1, 0.15) is 31.7 Å². The minimum absolute atomic E-state index is 0.0152. The Labute approximate surface area is 147 Å². The molecule has 2 aromatic heterocycles. The lowest BCUT2D eigenvalue weighted by atomic mass is 9.36. The lowest BCUT2D eigenvalue weighted by molar-refractivity contribution is -0.0918. The third-order valence-corrected chi connectivity index (χ3v) is 7.59. The number of allylic oxidation sites excluding steroid dienone is 1. The molecule has 0 aromatic carbocycles. The molecule has 6 rings (SSSR count). The van der Waals surface area contributed by atoms with E-state index in [4.69, 9.17) is 4.65 Å². The molecule has 8 heteroatoms. The van der Waals surface area contributed by atoms with Crippen LogP contribution in [0.15, 0.2) is 24.4 Å². The number of fused-ring (bicyclic) bond motifs is 3. The lowest BCUT2D eigenvalue weighted by Gasteiger charge is -2.72. The number of hydrogen-bond donors (Lipinski definition) is 3. The van der Waals surface area contributed by atoms with Crippen LogP contribution in [0, 0.1) is 5.41 Å². The standard InChI is InChI=1S/C17H20BN3O3S/c1-3-25(2,23)21-17-8-16(9-17,10-17)12-6-18(22)24-13-7-20-15-11(14(12)13)4-5-19-15/h4-7,22H,2-3,8-10H2,1H3,(H,19,20)(H,21,23). The van der Waals surface area contributed by atoms with Gasteiger partial charge in [0.15, 0.2) is 0 Å². The van der Waals surface area contributed by atoms with Crippen LogP contribution in [0.2, 0.25) is 0 Å². The van der Waals surface area contributed by atoms with E-state index < -0.39 is 16.8 Å². The van der Waals surface area contributed by atoms with Gasteiger partial charge >= 0.3 is 7.12 Å². The number of aromatic nitrogens is 2. The van der Waals surface area contributed by atoms with Crippen LogP contribution in [0.3, 0.4) is 0 Å². The molecule has 0 amide bonds. The maximum atomic E-state index is 12.3. The van der Waals surface area contributed by atoms with Crippen molar-refractivity contribution < 1.29 is 13.9 Å². The summed E-state index contributed by atoms with van der Waals surface area (Å²) in [6.07, 6.45) is 6.28. The van der Waals surface area contributed by atoms with Gasteiger partial charge in [0.25, 0.3) is 0 Å². The van der Waals surface area contributed by atoms with Gasteiger partial charge < -0.3 is 14.7 Å². The van der Waals surface area contributed by atoms with Crippen molar-refractivity contribution in [1.29, 1.82) is 0 Å². The topological polar surface area (TPSA) is 87.2 Å². The maximum absolute atomic E-state index is 12.3. The maximum Gasteiger partial charge on any atom is 0.552 e. The predicted molar refractivity (Wildman–Crippen MR) is 101 cm³/mol. The Morgan fingerprint density at radius 1 is 1.52 bits per heavy atom. The first-order valence-corrected chi connectivity index (χ1v) is 10.4. The fourth-order valence-corrected chi connectivity index (χ4v) is 5.99. The highest BCUT2D eigenvalue weighted by molar-refractivity contribution is 7.98. The van der Waals surface area contributed by atoms with Crippen LogP contribution < -0.4 is 9.38 Å². The van der Waals surface area contributed by atoms with Crippen molar-refractivity contribution in [2.45, 2.75) is 31.7 Å². The van der Waals surface area contributed by atoms with Gasteiger partial charge in [0.2, 0.25) is 0 Å². The van der Waals surface area contributed by atoms with E-state index in [9.17, 15) is 9.23 Å². The number of rotatable bonds is 4. The highest BCUT2D eigenvalue weighted by atomic mass is 32.2. The molecular formula is C17H20BN3O3S. The number of hydrogen-bond acceptors (Lipinski definition) is 4. The monoisotopic (exact) mass is 357 g/mol. The molecule has 3 heterocycles. The molecule has 130 valence electrons. The molecule has 3 N–H and O–H groups in total. The van der Waals surface area contributed by atoms with Crippen molar-refractivity contribution in [1.82, 2.24) is 14.7 Å². The van der Waals surface area contributed by atoms with E-state index >= 15 is 0 Å². The zero-order valence-corrected chi connectivity index (χ0v) is 14.9. The van der Waals surface area contributed by atoms with E-state index in [1.165, 1.54) is 0 Å². The fourth-order valence-electron chi connectivity index (χ4n) is 4.84. The van der Waals surface area contributed by atoms with Crippen molar-refractivity contribution in [3.05, 3.63) is 30.0 Å². The summed E-state index contributed by atoms with van der Waals surface area (Å²) >= 11 is 0. The summed E-state index contributed by atoms with van der Waals surface area (Å²) in [6.45, 7) is 1.90. The van der Waals surface area contributed by atoms with Crippen LogP contribution in [-0.4, -0.2) is 43.5 Å². The first-order chi connectivity index (χ1) is 11.9. The molecule has 3 saturated carbocycles. The molecule has 2 aromatic rings. The predicted octanol–water partition coefficient (Wildman–Crippen LogP) is 1.52. The van der Waals surface area contributed by atoms with E-state index in [1.807, 2.05) is 25.2 Å². The molecule has 1 atom stereocenters. The number of aromatic amines is 1. The molecule has 6 nitrogen and oxygen atoms in total. The third kappa shape index (κ3) is 2.08. The fraction of sp³-hybridized carbons (Fsp3) is 0.412. The first kappa shape index (κ1) is 15.5. The molecule has 4 aliphatic rings. The summed E-state index contributed by atoms with van der Waals surface area (Å²) in [7, 11) is -3.17. The Morgan fingerprint density at radius 2 is 2.28 bits per heavy atom. The van der Waals surface area contributed by atoms with Gasteiger partial charge in [0.05, 0.1) is 6.20 Å². The second-order valence-electron chi connectivity index (χ2n) is 7.62. The second kappa shape index (κ2) is 4.69. The molecular weight excluding hydrogens is 337 g/mol. The Balaban J connectivity index is 1.52. The molecule has 1 aliphatic heterocycles. The van der Waals surface area contributed by atoms with E-state index in [0.717, 1.165) is 41.4 Å². The van der Waals surface area contributed by atoms with E-state index in [0.29, 0.717) is 11.5 Å². The largest absolute Gasteiger partial charge is 0.552 e. The Kier molecular flexibility index (Phi) is 2.91. The number of H-pyrrole nitrogens is 1. The minimum atomic E-state index is -2.21. The Morgan fingerprint density at radius 3 is 3.00 bits per heavy atom. The minimum Gasteiger partial charge on any atom is -0.531 e. The lowest BCUT2D eigenvalue weighted by Crippen LogP contribution is -2.75. The van der Waals surface area contributed by atoms with Crippen molar-refractivity contribution in [3.63, 3.8) is 0 Å². The van der Waals surface area contributed by atoms with Crippen LogP contribution >= 0.6 is 0 Å². The van der Waals surface area contributed by atoms with E-state index in [2.05, 4.69) is 20.6 Å². The van der Waals surface area contributed by atoms with Crippen LogP contribution in [-0.2, 0) is 9.71 Å². The molecule has 1 unspecified atom stereocenters. The van der Waals surface area contributed by atoms with Crippen molar-refractivity contribution in [2.24, 2.45) is 5.41 Å². The van der Waals surface area contributed by atoms with E-state index in [1.54, 1.807) is 6.20 Å². The van der Waals surface area contributed by atoms with Crippen LogP contribution in [0.5, 0.6) is 5.75 Å². The zero-order valence-electron chi connectivity index (χ0n) is 14.0. The van der Waals surface area contributed by atoms with Gasteiger partial charge in [-0.3, -0.25) is 4.21 Å². The smallest absolute Gasteiger partial charge is 0.531 e. The average Bonchev–Trinajstić information content (AvgIpc) is 2.97. The summed E-state index contributed by atoms with van der Waals surface area (Å²) < 4.78 is 21.2. The van der Waals surface area contributed by atoms with Crippen molar-refractivity contribution >= 4 is 39.3 Å². The number of pyridine rings is 1. The van der Waals surface area contributed by atoms with Crippen molar-refractivity contribution in [2.75, 3.05) is 5.75 Å². The Hall–Kier alpha value is -1.77. The van der Waals surface area contributed by atoms with Gasteiger partial charge in [0, 0.05) is 43.6 Å². The molecule has 0 radical (unpaired) electrons. The van der Waals surface area contributed by atoms with E-state index in [-0.39, 0.29) is 11.0 Å². The number of nitrogens with zero attached hydrogens (tertiary/aromatic N) is 1. The molecule has 3 aliphatic carbocycles. The van der Waals surface area contributed by atoms with Gasteiger partial charge in [-0.1, -0.05) is 6.92 Å². The quantitative estimate of drug-likeness (QED) is 0.572. The highest BCUT2D eigenvalue weighted by Crippen LogP contribution is 2.73. The molecule has 0 saturated heterocycles. The number of nitrogens with one attached hydrogen (secondary N) is 2. The van der Waals surface area contributed by atoms with Crippen LogP contribution in [0.4, 0.5) is 0 Å². The first-order valence-electron chi connectivity index (χ1n) is 8.53. The zero-order chi connectivity index (χ0) is 17.4. The molecule has 3 fully saturated rings. The summed E-state index contributed by atoms with van der Waals surface area (Å²) in [6, 6.07) is 2.00.